The molecule has 1 aliphatic rings. The van der Waals surface area contributed by atoms with Crippen LogP contribution >= 0.6 is 27.3 Å². The maximum atomic E-state index is 3.47. The van der Waals surface area contributed by atoms with Crippen LogP contribution in [-0.4, -0.2) is 6.04 Å². The van der Waals surface area contributed by atoms with Gasteiger partial charge in [-0.3, -0.25) is 0 Å². The zero-order chi connectivity index (χ0) is 7.68. The van der Waals surface area contributed by atoms with Gasteiger partial charge in [-0.2, -0.15) is 0 Å². The van der Waals surface area contributed by atoms with Gasteiger partial charge in [0.2, 0.25) is 0 Å². The molecule has 0 atom stereocenters. The zero-order valence-corrected chi connectivity index (χ0v) is 8.54. The van der Waals surface area contributed by atoms with Crippen molar-refractivity contribution in [2.45, 2.75) is 25.4 Å². The van der Waals surface area contributed by atoms with Crippen molar-refractivity contribution in [2.24, 2.45) is 0 Å². The van der Waals surface area contributed by atoms with E-state index in [1.54, 1.807) is 11.3 Å². The van der Waals surface area contributed by atoms with E-state index in [-0.39, 0.29) is 0 Å². The Hall–Kier alpha value is 0.140. The lowest BCUT2D eigenvalue weighted by atomic mass is 10.3. The summed E-state index contributed by atoms with van der Waals surface area (Å²) in [4.78, 5) is 0. The van der Waals surface area contributed by atoms with Gasteiger partial charge in [-0.05, 0) is 45.8 Å². The minimum Gasteiger partial charge on any atom is -0.310 e. The van der Waals surface area contributed by atoms with Gasteiger partial charge in [-0.1, -0.05) is 0 Å². The normalized spacial score (nSPS) is 17.2. The summed E-state index contributed by atoms with van der Waals surface area (Å²) in [6.07, 6.45) is 2.73. The fourth-order valence-electron chi connectivity index (χ4n) is 0.988. The highest BCUT2D eigenvalue weighted by Crippen LogP contribution is 2.23. The van der Waals surface area contributed by atoms with E-state index in [1.807, 2.05) is 0 Å². The molecule has 0 aliphatic heterocycles. The highest BCUT2D eigenvalue weighted by atomic mass is 79.9. The van der Waals surface area contributed by atoms with Crippen LogP contribution in [0, 0.1) is 0 Å². The quantitative estimate of drug-likeness (QED) is 0.844. The molecule has 0 bridgehead atoms. The molecule has 1 aliphatic carbocycles. The first-order valence-corrected chi connectivity index (χ1v) is 5.48. The molecule has 0 radical (unpaired) electrons. The van der Waals surface area contributed by atoms with E-state index in [4.69, 9.17) is 0 Å². The molecular formula is C8H10BrNS. The molecule has 1 aromatic heterocycles. The van der Waals surface area contributed by atoms with Crippen molar-refractivity contribution in [1.82, 2.24) is 5.32 Å². The molecule has 1 N–H and O–H groups in total. The van der Waals surface area contributed by atoms with E-state index < -0.39 is 0 Å². The average molecular weight is 232 g/mol. The summed E-state index contributed by atoms with van der Waals surface area (Å²) in [6, 6.07) is 2.99. The van der Waals surface area contributed by atoms with Gasteiger partial charge < -0.3 is 5.32 Å². The van der Waals surface area contributed by atoms with Gasteiger partial charge in [0, 0.05) is 12.6 Å². The first-order chi connectivity index (χ1) is 5.34. The third-order valence-corrected chi connectivity index (χ3v) is 3.35. The smallest absolute Gasteiger partial charge is 0.0701 e. The first-order valence-electron chi connectivity index (χ1n) is 3.81. The molecule has 3 heteroatoms. The number of rotatable bonds is 3. The van der Waals surface area contributed by atoms with Gasteiger partial charge in [-0.25, -0.2) is 0 Å². The molecule has 1 fully saturated rings. The lowest BCUT2D eigenvalue weighted by Gasteiger charge is -1.97. The van der Waals surface area contributed by atoms with Gasteiger partial charge >= 0.3 is 0 Å². The Bertz CT molecular complexity index is 242. The Labute approximate surface area is 78.9 Å². The maximum Gasteiger partial charge on any atom is 0.0701 e. The van der Waals surface area contributed by atoms with Crippen molar-refractivity contribution in [2.75, 3.05) is 0 Å². The second kappa shape index (κ2) is 3.25. The van der Waals surface area contributed by atoms with Crippen LogP contribution in [0.5, 0.6) is 0 Å². The third-order valence-electron chi connectivity index (χ3n) is 1.79. The van der Waals surface area contributed by atoms with E-state index >= 15 is 0 Å². The highest BCUT2D eigenvalue weighted by Gasteiger charge is 2.19. The third kappa shape index (κ3) is 2.29. The second-order valence-corrected chi connectivity index (χ2v) is 5.20. The molecular weight excluding hydrogens is 222 g/mol. The summed E-state index contributed by atoms with van der Waals surface area (Å²) in [5, 5.41) is 5.67. The predicted molar refractivity (Wildman–Crippen MR) is 51.9 cm³/mol. The minimum atomic E-state index is 0.814. The molecule has 0 amide bonds. The Morgan fingerprint density at radius 2 is 2.45 bits per heavy atom. The number of hydrogen-bond acceptors (Lipinski definition) is 2. The fourth-order valence-corrected chi connectivity index (χ4v) is 2.20. The van der Waals surface area contributed by atoms with Crippen LogP contribution in [0.1, 0.15) is 18.4 Å². The number of halogens is 1. The summed E-state index contributed by atoms with van der Waals surface area (Å²) in [5.74, 6) is 0. The van der Waals surface area contributed by atoms with E-state index in [0.29, 0.717) is 0 Å². The van der Waals surface area contributed by atoms with Crippen LogP contribution in [0.2, 0.25) is 0 Å². The lowest BCUT2D eigenvalue weighted by Crippen LogP contribution is -2.14. The van der Waals surface area contributed by atoms with Gasteiger partial charge in [0.1, 0.15) is 0 Å². The fraction of sp³-hybridized carbons (Fsp3) is 0.500. The molecule has 11 heavy (non-hydrogen) atoms. The number of hydrogen-bond donors (Lipinski definition) is 1. The number of nitrogens with one attached hydrogen (secondary N) is 1. The molecule has 0 unspecified atom stereocenters. The van der Waals surface area contributed by atoms with E-state index in [1.165, 1.54) is 22.2 Å². The van der Waals surface area contributed by atoms with Crippen LogP contribution in [-0.2, 0) is 6.54 Å². The monoisotopic (exact) mass is 231 g/mol. The van der Waals surface area contributed by atoms with Crippen molar-refractivity contribution in [1.29, 1.82) is 0 Å². The second-order valence-electron chi connectivity index (χ2n) is 2.91. The topological polar surface area (TPSA) is 12.0 Å². The molecule has 1 heterocycles. The number of thiophene rings is 1. The van der Waals surface area contributed by atoms with E-state index in [0.717, 1.165) is 12.6 Å². The van der Waals surface area contributed by atoms with Gasteiger partial charge in [0.25, 0.3) is 0 Å². The molecule has 2 rings (SSSR count). The molecule has 1 aromatic rings. The van der Waals surface area contributed by atoms with E-state index in [2.05, 4.69) is 32.7 Å². The van der Waals surface area contributed by atoms with Crippen LogP contribution < -0.4 is 5.32 Å². The summed E-state index contributed by atoms with van der Waals surface area (Å²) in [5.41, 5.74) is 1.40. The van der Waals surface area contributed by atoms with Gasteiger partial charge in [0.15, 0.2) is 0 Å². The van der Waals surface area contributed by atoms with Crippen LogP contribution in [0.4, 0.5) is 0 Å². The maximum absolute atomic E-state index is 3.47. The summed E-state index contributed by atoms with van der Waals surface area (Å²) < 4.78 is 1.23. The highest BCUT2D eigenvalue weighted by molar-refractivity contribution is 9.11. The summed E-state index contributed by atoms with van der Waals surface area (Å²) >= 11 is 5.20. The van der Waals surface area contributed by atoms with Crippen molar-refractivity contribution < 1.29 is 0 Å². The molecule has 60 valence electrons. The van der Waals surface area contributed by atoms with Crippen molar-refractivity contribution in [3.05, 3.63) is 20.8 Å². The summed E-state index contributed by atoms with van der Waals surface area (Å²) in [7, 11) is 0. The molecule has 0 spiro atoms. The van der Waals surface area contributed by atoms with Gasteiger partial charge in [-0.15, -0.1) is 11.3 Å². The first kappa shape index (κ1) is 7.77. The van der Waals surface area contributed by atoms with Crippen LogP contribution in [0.15, 0.2) is 15.2 Å². The van der Waals surface area contributed by atoms with E-state index in [9.17, 15) is 0 Å². The van der Waals surface area contributed by atoms with Crippen molar-refractivity contribution in [3.8, 4) is 0 Å². The largest absolute Gasteiger partial charge is 0.310 e. The molecule has 0 saturated heterocycles. The predicted octanol–water partition coefficient (Wildman–Crippen LogP) is 2.76. The molecule has 1 nitrogen and oxygen atoms in total. The van der Waals surface area contributed by atoms with Crippen molar-refractivity contribution >= 4 is 27.3 Å². The zero-order valence-electron chi connectivity index (χ0n) is 6.14. The Kier molecular flexibility index (Phi) is 2.30. The Morgan fingerprint density at radius 1 is 1.64 bits per heavy atom. The minimum absolute atomic E-state index is 0.814. The molecule has 1 saturated carbocycles. The lowest BCUT2D eigenvalue weighted by molar-refractivity contribution is 0.689. The standard InChI is InChI=1S/C8H10BrNS/c9-8-3-6(5-11-8)4-10-7-1-2-7/h3,5,7,10H,1-2,4H2. The van der Waals surface area contributed by atoms with Crippen LogP contribution in [0.3, 0.4) is 0 Å². The van der Waals surface area contributed by atoms with Gasteiger partial charge in [0.05, 0.1) is 3.79 Å². The summed E-state index contributed by atoms with van der Waals surface area (Å²) in [6.45, 7) is 1.03. The Balaban J connectivity index is 1.85. The van der Waals surface area contributed by atoms with Crippen molar-refractivity contribution in [3.63, 3.8) is 0 Å². The Morgan fingerprint density at radius 3 is 3.00 bits per heavy atom. The SMILES string of the molecule is Brc1cc(CNC2CC2)cs1. The molecule has 0 aromatic carbocycles. The average Bonchev–Trinajstić information content (AvgIpc) is 2.72. The van der Waals surface area contributed by atoms with Crippen LogP contribution in [0.25, 0.3) is 0 Å².